The summed E-state index contributed by atoms with van der Waals surface area (Å²) >= 11 is 1.56. The molecule has 5 rings (SSSR count). The summed E-state index contributed by atoms with van der Waals surface area (Å²) in [6, 6.07) is 10.9. The average molecular weight is 836 g/mol. The number of nitrogens with one attached hydrogen (secondary N) is 3. The van der Waals surface area contributed by atoms with Crippen molar-refractivity contribution in [3.63, 3.8) is 0 Å². The lowest BCUT2D eigenvalue weighted by atomic mass is 9.85. The van der Waals surface area contributed by atoms with Gasteiger partial charge in [0.25, 0.3) is 0 Å². The van der Waals surface area contributed by atoms with Gasteiger partial charge in [0.05, 0.1) is 60.2 Å². The summed E-state index contributed by atoms with van der Waals surface area (Å²) in [6.07, 6.45) is 0.287. The van der Waals surface area contributed by atoms with Gasteiger partial charge in [-0.15, -0.1) is 11.3 Å². The van der Waals surface area contributed by atoms with E-state index in [2.05, 4.69) is 25.9 Å². The quantitative estimate of drug-likeness (QED) is 0.163. The second kappa shape index (κ2) is 19.0. The fourth-order valence-corrected chi connectivity index (χ4v) is 7.79. The number of aliphatic hydroxyl groups excluding tert-OH is 1. The van der Waals surface area contributed by atoms with Gasteiger partial charge in [-0.1, -0.05) is 51.1 Å². The van der Waals surface area contributed by atoms with Crippen molar-refractivity contribution in [2.75, 3.05) is 46.1 Å². The Bertz CT molecular complexity index is 1940. The molecule has 0 bridgehead atoms. The zero-order valence-electron chi connectivity index (χ0n) is 35.1. The minimum atomic E-state index is -1.02. The SMILES string of the molecule is Cc1ncsc1-c1ccc([C@H](C)NC(=O)[C@@H]2C[C@@H](O)CN2C(=O)[C@@H](NC(=O)COCCOCC(=O)NC2(c3ccccn3)CN(C(=O)OC(C)(C)C)C2)C(C)(C)C)cc1. The van der Waals surface area contributed by atoms with E-state index in [9.17, 15) is 29.1 Å². The van der Waals surface area contributed by atoms with Crippen molar-refractivity contribution in [3.8, 4) is 10.4 Å². The van der Waals surface area contributed by atoms with Crippen molar-refractivity contribution < 1.29 is 43.3 Å². The van der Waals surface area contributed by atoms with Crippen LogP contribution in [0.3, 0.4) is 0 Å². The lowest BCUT2D eigenvalue weighted by Gasteiger charge is -2.49. The van der Waals surface area contributed by atoms with Crippen molar-refractivity contribution in [2.24, 2.45) is 5.41 Å². The summed E-state index contributed by atoms with van der Waals surface area (Å²) in [6.45, 7) is 14.2. The predicted octanol–water partition coefficient (Wildman–Crippen LogP) is 3.48. The predicted molar refractivity (Wildman–Crippen MR) is 220 cm³/mol. The molecule has 16 nitrogen and oxygen atoms in total. The maximum atomic E-state index is 14.0. The van der Waals surface area contributed by atoms with Gasteiger partial charge in [0.1, 0.15) is 36.4 Å². The standard InChI is InChI=1S/C42H57N7O9S/c1-26(28-12-14-29(15-13-28)35-27(2)44-25-59-35)45-37(53)31-19-30(50)20-49(31)38(54)36(40(3,4)5)46-33(51)21-56-17-18-57-22-34(52)47-42(32-11-9-10-16-43-32)23-48(24-42)39(55)58-41(6,7)8/h9-16,25-26,30-31,36,50H,17-24H2,1-8H3,(H,45,53)(H,46,51)(H,47,52)/t26-,30+,31-,36+/m0/s1. The van der Waals surface area contributed by atoms with Crippen LogP contribution in [-0.2, 0) is 38.9 Å². The first-order valence-electron chi connectivity index (χ1n) is 19.7. The first-order valence-corrected chi connectivity index (χ1v) is 20.6. The normalized spacial score (nSPS) is 18.7. The van der Waals surface area contributed by atoms with E-state index in [4.69, 9.17) is 14.2 Å². The number of aromatic nitrogens is 2. The molecule has 4 N–H and O–H groups in total. The van der Waals surface area contributed by atoms with E-state index in [1.54, 1.807) is 82.8 Å². The van der Waals surface area contributed by atoms with Crippen LogP contribution >= 0.6 is 11.3 Å². The van der Waals surface area contributed by atoms with E-state index in [0.717, 1.165) is 21.7 Å². The fraction of sp³-hybridized carbons (Fsp3) is 0.548. The molecule has 2 aliphatic heterocycles. The Kier molecular flexibility index (Phi) is 14.5. The molecular formula is C42H57N7O9S. The highest BCUT2D eigenvalue weighted by molar-refractivity contribution is 7.13. The van der Waals surface area contributed by atoms with Gasteiger partial charge in [-0.2, -0.15) is 0 Å². The Morgan fingerprint density at radius 2 is 1.59 bits per heavy atom. The number of carbonyl (C=O) groups is 5. The van der Waals surface area contributed by atoms with Crippen LogP contribution in [0.25, 0.3) is 10.4 Å². The molecule has 1 aromatic carbocycles. The molecule has 59 heavy (non-hydrogen) atoms. The highest BCUT2D eigenvalue weighted by Crippen LogP contribution is 2.33. The third-order valence-electron chi connectivity index (χ3n) is 10.0. The van der Waals surface area contributed by atoms with Gasteiger partial charge in [-0.05, 0) is 63.3 Å². The van der Waals surface area contributed by atoms with E-state index in [0.29, 0.717) is 5.69 Å². The molecule has 0 saturated carbocycles. The second-order valence-corrected chi connectivity index (χ2v) is 18.0. The molecule has 5 amide bonds. The number of rotatable bonds is 15. The van der Waals surface area contributed by atoms with E-state index in [1.165, 1.54) is 9.80 Å². The molecule has 17 heteroatoms. The van der Waals surface area contributed by atoms with Crippen molar-refractivity contribution >= 4 is 41.1 Å². The Hall–Kier alpha value is -4.97. The third-order valence-corrected chi connectivity index (χ3v) is 11.0. The molecule has 3 aromatic rings. The number of likely N-dealkylation sites (tertiary alicyclic amines) is 2. The number of ether oxygens (including phenoxy) is 3. The molecule has 2 aliphatic rings. The van der Waals surface area contributed by atoms with Crippen molar-refractivity contribution in [2.45, 2.75) is 97.2 Å². The zero-order chi connectivity index (χ0) is 43.1. The topological polar surface area (TPSA) is 202 Å². The maximum Gasteiger partial charge on any atom is 0.410 e. The van der Waals surface area contributed by atoms with Crippen LogP contribution in [0, 0.1) is 12.3 Å². The number of β-amino-alcohol motifs (C(OH)–C–C–N with tert-alkyl or cyclic N) is 1. The zero-order valence-corrected chi connectivity index (χ0v) is 35.9. The minimum Gasteiger partial charge on any atom is -0.444 e. The first kappa shape index (κ1) is 45.1. The molecule has 2 aromatic heterocycles. The smallest absolute Gasteiger partial charge is 0.410 e. The van der Waals surface area contributed by atoms with Crippen LogP contribution in [0.2, 0.25) is 0 Å². The fourth-order valence-electron chi connectivity index (χ4n) is 6.98. The second-order valence-electron chi connectivity index (χ2n) is 17.2. The van der Waals surface area contributed by atoms with Crippen molar-refractivity contribution in [3.05, 3.63) is 71.1 Å². The van der Waals surface area contributed by atoms with Crippen LogP contribution in [0.15, 0.2) is 54.2 Å². The molecule has 2 saturated heterocycles. The molecule has 320 valence electrons. The molecular weight excluding hydrogens is 779 g/mol. The lowest BCUT2D eigenvalue weighted by molar-refractivity contribution is -0.144. The van der Waals surface area contributed by atoms with Gasteiger partial charge in [0, 0.05) is 19.2 Å². The first-order chi connectivity index (χ1) is 27.8. The molecule has 0 unspecified atom stereocenters. The summed E-state index contributed by atoms with van der Waals surface area (Å²) in [4.78, 5) is 78.8. The van der Waals surface area contributed by atoms with Gasteiger partial charge in [-0.25, -0.2) is 9.78 Å². The Morgan fingerprint density at radius 3 is 2.17 bits per heavy atom. The summed E-state index contributed by atoms with van der Waals surface area (Å²) in [5, 5.41) is 19.3. The molecule has 0 radical (unpaired) electrons. The number of pyridine rings is 1. The number of nitrogens with zero attached hydrogens (tertiary/aromatic N) is 4. The molecule has 0 aliphatic carbocycles. The van der Waals surface area contributed by atoms with Crippen LogP contribution in [0.5, 0.6) is 0 Å². The van der Waals surface area contributed by atoms with Crippen LogP contribution in [0.1, 0.15) is 77.9 Å². The van der Waals surface area contributed by atoms with Gasteiger partial charge < -0.3 is 45.1 Å². The minimum absolute atomic E-state index is 0.000238. The average Bonchev–Trinajstić information content (AvgIpc) is 3.77. The number of hydrogen-bond acceptors (Lipinski definition) is 12. The lowest BCUT2D eigenvalue weighted by Crippen LogP contribution is -2.69. The van der Waals surface area contributed by atoms with E-state index in [1.807, 2.05) is 38.1 Å². The van der Waals surface area contributed by atoms with Gasteiger partial charge in [0.2, 0.25) is 23.6 Å². The number of hydrogen-bond donors (Lipinski definition) is 4. The monoisotopic (exact) mass is 835 g/mol. The number of amides is 5. The summed E-state index contributed by atoms with van der Waals surface area (Å²) < 4.78 is 16.5. The number of thiazole rings is 1. The van der Waals surface area contributed by atoms with Gasteiger partial charge >= 0.3 is 6.09 Å². The highest BCUT2D eigenvalue weighted by atomic mass is 32.1. The van der Waals surface area contributed by atoms with Crippen molar-refractivity contribution in [1.82, 2.24) is 35.7 Å². The van der Waals surface area contributed by atoms with Gasteiger partial charge in [-0.3, -0.25) is 24.2 Å². The summed E-state index contributed by atoms with van der Waals surface area (Å²) in [5.41, 5.74) is 2.95. The van der Waals surface area contributed by atoms with Gasteiger partial charge in [0.15, 0.2) is 0 Å². The number of benzene rings is 1. The largest absolute Gasteiger partial charge is 0.444 e. The Balaban J connectivity index is 1.07. The Morgan fingerprint density at radius 1 is 0.932 bits per heavy atom. The van der Waals surface area contributed by atoms with Crippen LogP contribution in [0.4, 0.5) is 4.79 Å². The molecule has 4 atom stereocenters. The molecule has 0 spiro atoms. The Labute approximate surface area is 349 Å². The third kappa shape index (κ3) is 11.8. The van der Waals surface area contributed by atoms with E-state index >= 15 is 0 Å². The van der Waals surface area contributed by atoms with Crippen LogP contribution < -0.4 is 16.0 Å². The van der Waals surface area contributed by atoms with Crippen LogP contribution in [-0.4, -0.2) is 124 Å². The maximum absolute atomic E-state index is 14.0. The van der Waals surface area contributed by atoms with E-state index in [-0.39, 0.29) is 58.5 Å². The number of carbonyl (C=O) groups excluding carboxylic acids is 5. The molecule has 4 heterocycles. The summed E-state index contributed by atoms with van der Waals surface area (Å²) in [7, 11) is 0. The summed E-state index contributed by atoms with van der Waals surface area (Å²) in [5.74, 6) is -1.87. The highest BCUT2D eigenvalue weighted by Gasteiger charge is 2.50. The van der Waals surface area contributed by atoms with E-state index < -0.39 is 64.5 Å². The van der Waals surface area contributed by atoms with Crippen molar-refractivity contribution in [1.29, 1.82) is 0 Å². The number of aliphatic hydroxyl groups is 1. The molecule has 2 fully saturated rings. The number of aryl methyl sites for hydroxylation is 1.